The van der Waals surface area contributed by atoms with Crippen LogP contribution in [-0.2, 0) is 6.54 Å². The summed E-state index contributed by atoms with van der Waals surface area (Å²) in [7, 11) is 5.74. The monoisotopic (exact) mass is 256 g/mol. The van der Waals surface area contributed by atoms with Crippen LogP contribution in [0.3, 0.4) is 0 Å². The Bertz CT molecular complexity index is 547. The summed E-state index contributed by atoms with van der Waals surface area (Å²) in [5.41, 5.74) is 10.3. The molecule has 3 nitrogen and oxygen atoms in total. The van der Waals surface area contributed by atoms with E-state index in [1.54, 1.807) is 7.11 Å². The molecule has 2 aromatic carbocycles. The van der Waals surface area contributed by atoms with Crippen LogP contribution in [0.2, 0.25) is 0 Å². The zero-order valence-corrected chi connectivity index (χ0v) is 11.7. The number of hydrogen-bond donors (Lipinski definition) is 1. The summed E-state index contributed by atoms with van der Waals surface area (Å²) < 4.78 is 5.29. The van der Waals surface area contributed by atoms with Gasteiger partial charge in [0.2, 0.25) is 0 Å². The lowest BCUT2D eigenvalue weighted by Crippen LogP contribution is -2.07. The van der Waals surface area contributed by atoms with Gasteiger partial charge in [-0.25, -0.2) is 0 Å². The molecule has 0 saturated heterocycles. The number of rotatable bonds is 4. The van der Waals surface area contributed by atoms with Crippen molar-refractivity contribution in [2.45, 2.75) is 6.54 Å². The maximum Gasteiger partial charge on any atom is 0.123 e. The van der Waals surface area contributed by atoms with Crippen molar-refractivity contribution in [2.75, 3.05) is 26.1 Å². The van der Waals surface area contributed by atoms with E-state index in [9.17, 15) is 0 Å². The number of anilines is 1. The van der Waals surface area contributed by atoms with Gasteiger partial charge in [-0.15, -0.1) is 0 Å². The minimum Gasteiger partial charge on any atom is -0.496 e. The Morgan fingerprint density at radius 3 is 2.16 bits per heavy atom. The number of benzene rings is 2. The molecular formula is C16H20N2O. The van der Waals surface area contributed by atoms with E-state index < -0.39 is 0 Å². The highest BCUT2D eigenvalue weighted by atomic mass is 16.5. The maximum absolute atomic E-state index is 5.75. The summed E-state index contributed by atoms with van der Waals surface area (Å²) in [4.78, 5) is 2.09. The fraction of sp³-hybridized carbons (Fsp3) is 0.250. The topological polar surface area (TPSA) is 38.5 Å². The summed E-state index contributed by atoms with van der Waals surface area (Å²) >= 11 is 0. The standard InChI is InChI=1S/C16H20N2O/c1-18(2)15-7-4-12(5-8-15)13-6-9-16(19-3)14(10-13)11-17/h4-10H,11,17H2,1-3H3. The predicted octanol–water partition coefficient (Wildman–Crippen LogP) is 2.89. The van der Waals surface area contributed by atoms with E-state index in [-0.39, 0.29) is 0 Å². The van der Waals surface area contributed by atoms with E-state index in [0.29, 0.717) is 6.54 Å². The van der Waals surface area contributed by atoms with Gasteiger partial charge in [0.05, 0.1) is 7.11 Å². The molecule has 3 heteroatoms. The Labute approximate surface area is 114 Å². The molecule has 0 aliphatic rings. The first-order chi connectivity index (χ1) is 9.15. The molecule has 2 aromatic rings. The van der Waals surface area contributed by atoms with E-state index in [2.05, 4.69) is 41.3 Å². The summed E-state index contributed by atoms with van der Waals surface area (Å²) in [6.07, 6.45) is 0. The van der Waals surface area contributed by atoms with Crippen molar-refractivity contribution in [1.29, 1.82) is 0 Å². The lowest BCUT2D eigenvalue weighted by Gasteiger charge is -2.13. The molecule has 0 spiro atoms. The Hall–Kier alpha value is -2.00. The third-order valence-corrected chi connectivity index (χ3v) is 3.22. The van der Waals surface area contributed by atoms with Crippen molar-refractivity contribution >= 4 is 5.69 Å². The quantitative estimate of drug-likeness (QED) is 0.914. The van der Waals surface area contributed by atoms with Gasteiger partial charge in [0, 0.05) is 31.9 Å². The third-order valence-electron chi connectivity index (χ3n) is 3.22. The van der Waals surface area contributed by atoms with Crippen molar-refractivity contribution in [3.05, 3.63) is 48.0 Å². The van der Waals surface area contributed by atoms with Crippen LogP contribution < -0.4 is 15.4 Å². The molecule has 2 N–H and O–H groups in total. The first-order valence-corrected chi connectivity index (χ1v) is 6.30. The number of nitrogens with two attached hydrogens (primary N) is 1. The zero-order chi connectivity index (χ0) is 13.8. The molecule has 0 aliphatic carbocycles. The number of methoxy groups -OCH3 is 1. The minimum atomic E-state index is 0.479. The Morgan fingerprint density at radius 2 is 1.63 bits per heavy atom. The summed E-state index contributed by atoms with van der Waals surface area (Å²) in [6, 6.07) is 14.6. The molecule has 0 unspecified atom stereocenters. The van der Waals surface area contributed by atoms with Crippen LogP contribution in [0.25, 0.3) is 11.1 Å². The first kappa shape index (κ1) is 13.4. The van der Waals surface area contributed by atoms with Gasteiger partial charge >= 0.3 is 0 Å². The van der Waals surface area contributed by atoms with Gasteiger partial charge in [0.25, 0.3) is 0 Å². The summed E-state index contributed by atoms with van der Waals surface area (Å²) in [6.45, 7) is 0.479. The lowest BCUT2D eigenvalue weighted by molar-refractivity contribution is 0.410. The van der Waals surface area contributed by atoms with Gasteiger partial charge < -0.3 is 15.4 Å². The SMILES string of the molecule is COc1ccc(-c2ccc(N(C)C)cc2)cc1CN. The average molecular weight is 256 g/mol. The molecule has 0 amide bonds. The van der Waals surface area contributed by atoms with Gasteiger partial charge in [0.15, 0.2) is 0 Å². The van der Waals surface area contributed by atoms with Crippen LogP contribution in [0, 0.1) is 0 Å². The predicted molar refractivity (Wildman–Crippen MR) is 80.6 cm³/mol. The zero-order valence-electron chi connectivity index (χ0n) is 11.7. The highest BCUT2D eigenvalue weighted by molar-refractivity contribution is 5.68. The Kier molecular flexibility index (Phi) is 4.07. The second-order valence-corrected chi connectivity index (χ2v) is 4.67. The van der Waals surface area contributed by atoms with Crippen molar-refractivity contribution < 1.29 is 4.74 Å². The van der Waals surface area contributed by atoms with E-state index in [1.165, 1.54) is 11.3 Å². The highest BCUT2D eigenvalue weighted by Gasteiger charge is 2.05. The Morgan fingerprint density at radius 1 is 1.00 bits per heavy atom. The second kappa shape index (κ2) is 5.76. The molecule has 100 valence electrons. The van der Waals surface area contributed by atoms with Gasteiger partial charge in [-0.3, -0.25) is 0 Å². The van der Waals surface area contributed by atoms with Crippen LogP contribution in [0.5, 0.6) is 5.75 Å². The van der Waals surface area contributed by atoms with Gasteiger partial charge in [-0.1, -0.05) is 18.2 Å². The molecule has 19 heavy (non-hydrogen) atoms. The summed E-state index contributed by atoms with van der Waals surface area (Å²) in [5.74, 6) is 0.844. The van der Waals surface area contributed by atoms with Crippen molar-refractivity contribution in [3.8, 4) is 16.9 Å². The molecule has 0 fully saturated rings. The fourth-order valence-electron chi connectivity index (χ4n) is 2.07. The largest absolute Gasteiger partial charge is 0.496 e. The van der Waals surface area contributed by atoms with Gasteiger partial charge in [0.1, 0.15) is 5.75 Å². The molecule has 0 aromatic heterocycles. The molecule has 2 rings (SSSR count). The molecule has 0 heterocycles. The van der Waals surface area contributed by atoms with Gasteiger partial charge in [-0.05, 0) is 35.4 Å². The maximum atomic E-state index is 5.75. The van der Waals surface area contributed by atoms with Crippen molar-refractivity contribution in [1.82, 2.24) is 0 Å². The van der Waals surface area contributed by atoms with Crippen LogP contribution in [-0.4, -0.2) is 21.2 Å². The second-order valence-electron chi connectivity index (χ2n) is 4.67. The van der Waals surface area contributed by atoms with Crippen molar-refractivity contribution in [3.63, 3.8) is 0 Å². The van der Waals surface area contributed by atoms with E-state index in [1.807, 2.05) is 20.2 Å². The lowest BCUT2D eigenvalue weighted by atomic mass is 10.0. The third kappa shape index (κ3) is 2.88. The van der Waals surface area contributed by atoms with E-state index in [4.69, 9.17) is 10.5 Å². The molecule has 0 atom stereocenters. The van der Waals surface area contributed by atoms with E-state index >= 15 is 0 Å². The van der Waals surface area contributed by atoms with Gasteiger partial charge in [-0.2, -0.15) is 0 Å². The molecule has 0 aliphatic heterocycles. The smallest absolute Gasteiger partial charge is 0.123 e. The fourth-order valence-corrected chi connectivity index (χ4v) is 2.07. The van der Waals surface area contributed by atoms with Crippen molar-refractivity contribution in [2.24, 2.45) is 5.73 Å². The Balaban J connectivity index is 2.36. The molecule has 0 saturated carbocycles. The minimum absolute atomic E-state index is 0.479. The number of ether oxygens (including phenoxy) is 1. The average Bonchev–Trinajstić information content (AvgIpc) is 2.46. The number of nitrogens with zero attached hydrogens (tertiary/aromatic N) is 1. The number of hydrogen-bond acceptors (Lipinski definition) is 3. The highest BCUT2D eigenvalue weighted by Crippen LogP contribution is 2.27. The molecular weight excluding hydrogens is 236 g/mol. The summed E-state index contributed by atoms with van der Waals surface area (Å²) in [5, 5.41) is 0. The van der Waals surface area contributed by atoms with E-state index in [0.717, 1.165) is 16.9 Å². The van der Waals surface area contributed by atoms with Crippen LogP contribution in [0.1, 0.15) is 5.56 Å². The molecule has 0 radical (unpaired) electrons. The molecule has 0 bridgehead atoms. The first-order valence-electron chi connectivity index (χ1n) is 6.30. The normalized spacial score (nSPS) is 10.3. The van der Waals surface area contributed by atoms with Crippen LogP contribution in [0.15, 0.2) is 42.5 Å². The van der Waals surface area contributed by atoms with Crippen LogP contribution >= 0.6 is 0 Å². The van der Waals surface area contributed by atoms with Crippen LogP contribution in [0.4, 0.5) is 5.69 Å².